The maximum Gasteiger partial charge on any atom is 0.354 e. The van der Waals surface area contributed by atoms with Gasteiger partial charge < -0.3 is 9.63 Å². The third kappa shape index (κ3) is 3.62. The Kier molecular flexibility index (Phi) is 4.39. The fourth-order valence-electron chi connectivity index (χ4n) is 1.69. The Morgan fingerprint density at radius 3 is 2.37 bits per heavy atom. The molecule has 1 saturated heterocycles. The molecule has 106 valence electrons. The average molecular weight is 306 g/mol. The summed E-state index contributed by atoms with van der Waals surface area (Å²) in [6, 6.07) is 7.49. The number of nitrogens with zero attached hydrogens (tertiary/aromatic N) is 1. The van der Waals surface area contributed by atoms with E-state index in [-0.39, 0.29) is 18.0 Å². The third-order valence-corrected chi connectivity index (χ3v) is 6.64. The lowest BCUT2D eigenvalue weighted by Gasteiger charge is -2.30. The summed E-state index contributed by atoms with van der Waals surface area (Å²) >= 11 is 0. The highest BCUT2D eigenvalue weighted by molar-refractivity contribution is 7.95. The highest BCUT2D eigenvalue weighted by Gasteiger charge is 2.34. The fraction of sp³-hybridized carbons (Fsp3) is 0.400. The number of ether oxygens (including phenoxy) is 1. The van der Waals surface area contributed by atoms with Crippen LogP contribution in [0.25, 0.3) is 0 Å². The number of hydrogen-bond donors (Lipinski definition) is 2. The lowest BCUT2D eigenvalue weighted by molar-refractivity contribution is 0.0673. The van der Waals surface area contributed by atoms with Crippen LogP contribution in [-0.2, 0) is 19.3 Å². The third-order valence-electron chi connectivity index (χ3n) is 2.66. The summed E-state index contributed by atoms with van der Waals surface area (Å²) < 4.78 is 44.2. The van der Waals surface area contributed by atoms with E-state index < -0.39 is 17.7 Å². The van der Waals surface area contributed by atoms with Gasteiger partial charge in [0.2, 0.25) is 10.0 Å². The number of benzene rings is 1. The van der Waals surface area contributed by atoms with Gasteiger partial charge in [0, 0.05) is 13.1 Å². The van der Waals surface area contributed by atoms with E-state index in [9.17, 15) is 17.9 Å². The number of rotatable bonds is 4. The van der Waals surface area contributed by atoms with Crippen molar-refractivity contribution in [3.05, 3.63) is 30.3 Å². The van der Waals surface area contributed by atoms with Crippen LogP contribution >= 0.6 is 7.67 Å². The van der Waals surface area contributed by atoms with E-state index in [0.29, 0.717) is 13.2 Å². The van der Waals surface area contributed by atoms with Crippen LogP contribution < -0.4 is 4.49 Å². The molecule has 1 aliphatic heterocycles. The second-order valence-corrected chi connectivity index (χ2v) is 7.88. The molecule has 0 amide bonds. The molecule has 9 heteroatoms. The van der Waals surface area contributed by atoms with Crippen molar-refractivity contribution in [1.82, 2.24) is 9.16 Å². The summed E-state index contributed by atoms with van der Waals surface area (Å²) in [6.45, 7) is 1.03. The predicted molar refractivity (Wildman–Crippen MR) is 69.0 cm³/mol. The van der Waals surface area contributed by atoms with Crippen molar-refractivity contribution in [3.8, 4) is 0 Å². The second kappa shape index (κ2) is 5.70. The lowest BCUT2D eigenvalue weighted by Crippen LogP contribution is -2.38. The van der Waals surface area contributed by atoms with Gasteiger partial charge in [-0.25, -0.2) is 13.1 Å². The van der Waals surface area contributed by atoms with Crippen LogP contribution in [0.5, 0.6) is 0 Å². The highest BCUT2D eigenvalue weighted by atomic mass is 32.2. The molecule has 0 aromatic heterocycles. The molecule has 1 aromatic carbocycles. The van der Waals surface area contributed by atoms with Crippen molar-refractivity contribution >= 4 is 17.7 Å². The Bertz CT molecular complexity index is 571. The van der Waals surface area contributed by atoms with Crippen molar-refractivity contribution in [3.63, 3.8) is 0 Å². The Balaban J connectivity index is 2.17. The van der Waals surface area contributed by atoms with Crippen LogP contribution in [0.15, 0.2) is 35.2 Å². The summed E-state index contributed by atoms with van der Waals surface area (Å²) in [7, 11) is -8.15. The number of sulfonamides is 1. The summed E-state index contributed by atoms with van der Waals surface area (Å²) in [6.07, 6.45) is 0. The van der Waals surface area contributed by atoms with Crippen LogP contribution in [0.3, 0.4) is 0 Å². The molecule has 1 aromatic rings. The van der Waals surface area contributed by atoms with Gasteiger partial charge in [0.15, 0.2) is 0 Å². The van der Waals surface area contributed by atoms with Gasteiger partial charge in [-0.1, -0.05) is 18.2 Å². The smallest absolute Gasteiger partial charge is 0.354 e. The lowest BCUT2D eigenvalue weighted by atomic mass is 10.4. The maximum absolute atomic E-state index is 12.1. The minimum Gasteiger partial charge on any atom is -0.379 e. The molecular weight excluding hydrogens is 291 g/mol. The van der Waals surface area contributed by atoms with Gasteiger partial charge in [0.25, 0.3) is 0 Å². The first-order valence-corrected chi connectivity index (χ1v) is 8.76. The van der Waals surface area contributed by atoms with Gasteiger partial charge in [0.05, 0.1) is 18.1 Å². The van der Waals surface area contributed by atoms with Crippen LogP contribution in [0.1, 0.15) is 0 Å². The molecule has 1 atom stereocenters. The Morgan fingerprint density at radius 2 is 1.79 bits per heavy atom. The van der Waals surface area contributed by atoms with E-state index in [1.807, 2.05) is 4.49 Å². The van der Waals surface area contributed by atoms with Crippen molar-refractivity contribution < 1.29 is 22.6 Å². The largest absolute Gasteiger partial charge is 0.379 e. The van der Waals surface area contributed by atoms with E-state index in [1.165, 1.54) is 16.8 Å². The molecule has 1 fully saturated rings. The van der Waals surface area contributed by atoms with E-state index >= 15 is 0 Å². The SMILES string of the molecule is O=P(O)(NS(=O)(=O)c1ccccc1)N1CCOCC1. The van der Waals surface area contributed by atoms with Gasteiger partial charge in [-0.3, -0.25) is 4.57 Å². The maximum atomic E-state index is 12.1. The topological polar surface area (TPSA) is 95.9 Å². The van der Waals surface area contributed by atoms with Crippen molar-refractivity contribution in [2.45, 2.75) is 4.90 Å². The summed E-state index contributed by atoms with van der Waals surface area (Å²) in [5, 5.41) is 0. The summed E-state index contributed by atoms with van der Waals surface area (Å²) in [4.78, 5) is 9.83. The minimum atomic E-state index is -4.14. The first-order chi connectivity index (χ1) is 8.92. The zero-order chi connectivity index (χ0) is 13.9. The molecule has 19 heavy (non-hydrogen) atoms. The summed E-state index contributed by atoms with van der Waals surface area (Å²) in [5.74, 6) is 0. The van der Waals surface area contributed by atoms with E-state index in [1.54, 1.807) is 18.2 Å². The highest BCUT2D eigenvalue weighted by Crippen LogP contribution is 2.42. The molecule has 0 aliphatic carbocycles. The number of nitrogens with one attached hydrogen (secondary N) is 1. The molecule has 7 nitrogen and oxygen atoms in total. The van der Waals surface area contributed by atoms with Crippen molar-refractivity contribution in [2.75, 3.05) is 26.3 Å². The van der Waals surface area contributed by atoms with Crippen LogP contribution in [0, 0.1) is 0 Å². The summed E-state index contributed by atoms with van der Waals surface area (Å²) in [5.41, 5.74) is 0. The molecule has 0 spiro atoms. The zero-order valence-electron chi connectivity index (χ0n) is 10.1. The molecule has 1 heterocycles. The Labute approximate surface area is 111 Å². The number of morpholine rings is 1. The number of hydrogen-bond acceptors (Lipinski definition) is 4. The molecule has 1 aliphatic rings. The van der Waals surface area contributed by atoms with Crippen LogP contribution in [0.4, 0.5) is 0 Å². The van der Waals surface area contributed by atoms with Gasteiger partial charge in [-0.2, -0.15) is 0 Å². The fourth-order valence-corrected chi connectivity index (χ4v) is 5.05. The zero-order valence-corrected chi connectivity index (χ0v) is 11.8. The first kappa shape index (κ1) is 14.6. The van der Waals surface area contributed by atoms with Gasteiger partial charge in [-0.05, 0) is 12.1 Å². The van der Waals surface area contributed by atoms with Gasteiger partial charge in [-0.15, -0.1) is 4.49 Å². The monoisotopic (exact) mass is 306 g/mol. The van der Waals surface area contributed by atoms with Crippen LogP contribution in [0.2, 0.25) is 0 Å². The van der Waals surface area contributed by atoms with Gasteiger partial charge in [0.1, 0.15) is 0 Å². The molecule has 2 N–H and O–H groups in total. The predicted octanol–water partition coefficient (Wildman–Crippen LogP) is 0.397. The van der Waals surface area contributed by atoms with E-state index in [0.717, 1.165) is 0 Å². The van der Waals surface area contributed by atoms with E-state index in [2.05, 4.69) is 0 Å². The van der Waals surface area contributed by atoms with Crippen molar-refractivity contribution in [1.29, 1.82) is 0 Å². The van der Waals surface area contributed by atoms with E-state index in [4.69, 9.17) is 4.74 Å². The molecule has 0 radical (unpaired) electrons. The quantitative estimate of drug-likeness (QED) is 0.782. The second-order valence-electron chi connectivity index (χ2n) is 4.02. The molecule has 1 unspecified atom stereocenters. The molecule has 2 rings (SSSR count). The standard InChI is InChI=1S/C10H15N2O5PS/c13-18(14,12-6-8-17-9-7-12)11-19(15,16)10-4-2-1-3-5-10/h1-5H,6-9H2,(H2,11,13,14). The normalized spacial score (nSPS) is 20.9. The molecular formula is C10H15N2O5PS. The first-order valence-electron chi connectivity index (χ1n) is 5.67. The molecule has 0 bridgehead atoms. The van der Waals surface area contributed by atoms with Gasteiger partial charge >= 0.3 is 7.67 Å². The minimum absolute atomic E-state index is 0.0439. The Hall–Kier alpha value is -0.760. The van der Waals surface area contributed by atoms with Crippen LogP contribution in [-0.4, -0.2) is 44.3 Å². The molecule has 0 saturated carbocycles. The Morgan fingerprint density at radius 1 is 1.21 bits per heavy atom. The van der Waals surface area contributed by atoms with Crippen molar-refractivity contribution in [2.24, 2.45) is 0 Å². The average Bonchev–Trinajstić information content (AvgIpc) is 2.40.